The number of carbonyl (C=O) groups is 1. The summed E-state index contributed by atoms with van der Waals surface area (Å²) in [5.74, 6) is 1.02. The van der Waals surface area contributed by atoms with E-state index in [2.05, 4.69) is 36.2 Å². The highest BCUT2D eigenvalue weighted by molar-refractivity contribution is 5.76. The van der Waals surface area contributed by atoms with Crippen LogP contribution >= 0.6 is 0 Å². The average Bonchev–Trinajstić information content (AvgIpc) is 2.46. The van der Waals surface area contributed by atoms with Gasteiger partial charge in [0.25, 0.3) is 0 Å². The Morgan fingerprint density at radius 2 is 1.79 bits per heavy atom. The number of Topliss-reactive ketones (excluding diaryl/α,β-unsaturated/α-hetero) is 1. The Labute approximate surface area is 116 Å². The van der Waals surface area contributed by atoms with Gasteiger partial charge in [-0.2, -0.15) is 0 Å². The summed E-state index contributed by atoms with van der Waals surface area (Å²) in [7, 11) is 2.05. The van der Waals surface area contributed by atoms with E-state index < -0.39 is 0 Å². The maximum atomic E-state index is 11.0. The zero-order chi connectivity index (χ0) is 13.7. The normalized spacial score (nSPS) is 16.3. The van der Waals surface area contributed by atoms with Crippen LogP contribution in [-0.4, -0.2) is 19.4 Å². The van der Waals surface area contributed by atoms with Gasteiger partial charge >= 0.3 is 0 Å². The van der Waals surface area contributed by atoms with Crippen molar-refractivity contribution in [1.82, 2.24) is 0 Å². The van der Waals surface area contributed by atoms with Crippen LogP contribution in [0, 0.1) is 0 Å². The predicted octanol–water partition coefficient (Wildman–Crippen LogP) is 4.15. The minimum atomic E-state index is 0.255. The van der Waals surface area contributed by atoms with Crippen molar-refractivity contribution in [2.45, 2.75) is 51.4 Å². The fourth-order valence-corrected chi connectivity index (χ4v) is 2.89. The molecular formula is C17H25NO. The van der Waals surface area contributed by atoms with Gasteiger partial charge < -0.3 is 4.90 Å². The summed E-state index contributed by atoms with van der Waals surface area (Å²) in [5.41, 5.74) is 2.70. The van der Waals surface area contributed by atoms with Crippen LogP contribution in [0.15, 0.2) is 24.3 Å². The second-order valence-electron chi connectivity index (χ2n) is 5.80. The molecule has 0 heterocycles. The van der Waals surface area contributed by atoms with Crippen molar-refractivity contribution >= 4 is 11.5 Å². The molecule has 104 valence electrons. The van der Waals surface area contributed by atoms with Gasteiger partial charge in [0.05, 0.1) is 0 Å². The van der Waals surface area contributed by atoms with Crippen LogP contribution in [0.4, 0.5) is 5.69 Å². The van der Waals surface area contributed by atoms with Gasteiger partial charge in [0.2, 0.25) is 0 Å². The highest BCUT2D eigenvalue weighted by Crippen LogP contribution is 2.33. The third-order valence-electron chi connectivity index (χ3n) is 4.21. The van der Waals surface area contributed by atoms with Gasteiger partial charge in [0, 0.05) is 25.7 Å². The maximum Gasteiger partial charge on any atom is 0.131 e. The van der Waals surface area contributed by atoms with Crippen LogP contribution in [0.1, 0.15) is 56.9 Å². The molecule has 0 aliphatic heterocycles. The molecular weight excluding hydrogens is 234 g/mol. The van der Waals surface area contributed by atoms with Gasteiger partial charge in [0.15, 0.2) is 0 Å². The number of rotatable bonds is 5. The van der Waals surface area contributed by atoms with Crippen LogP contribution in [0.25, 0.3) is 0 Å². The van der Waals surface area contributed by atoms with Crippen LogP contribution < -0.4 is 4.90 Å². The molecule has 1 aromatic carbocycles. The summed E-state index contributed by atoms with van der Waals surface area (Å²) >= 11 is 0. The number of nitrogens with zero attached hydrogens (tertiary/aromatic N) is 1. The number of carbonyl (C=O) groups excluding carboxylic acids is 1. The molecule has 1 aromatic rings. The molecule has 1 saturated carbocycles. The monoisotopic (exact) mass is 259 g/mol. The largest absolute Gasteiger partial charge is 0.374 e. The molecule has 0 atom stereocenters. The van der Waals surface area contributed by atoms with Gasteiger partial charge in [-0.3, -0.25) is 4.79 Å². The highest BCUT2D eigenvalue weighted by Gasteiger charge is 2.15. The van der Waals surface area contributed by atoms with E-state index in [-0.39, 0.29) is 5.78 Å². The Morgan fingerprint density at radius 1 is 1.16 bits per heavy atom. The van der Waals surface area contributed by atoms with E-state index in [9.17, 15) is 4.79 Å². The second-order valence-corrected chi connectivity index (χ2v) is 5.80. The minimum Gasteiger partial charge on any atom is -0.374 e. The van der Waals surface area contributed by atoms with Crippen molar-refractivity contribution < 1.29 is 4.79 Å². The predicted molar refractivity (Wildman–Crippen MR) is 80.8 cm³/mol. The zero-order valence-electron chi connectivity index (χ0n) is 12.2. The first kappa shape index (κ1) is 14.1. The SMILES string of the molecule is CC(=O)CCN(C)c1ccc(C2CCCCC2)cc1. The van der Waals surface area contributed by atoms with Crippen LogP contribution in [0.3, 0.4) is 0 Å². The van der Waals surface area contributed by atoms with E-state index in [4.69, 9.17) is 0 Å². The number of hydrogen-bond donors (Lipinski definition) is 0. The third-order valence-corrected chi connectivity index (χ3v) is 4.21. The van der Waals surface area contributed by atoms with Gasteiger partial charge in [-0.15, -0.1) is 0 Å². The zero-order valence-corrected chi connectivity index (χ0v) is 12.2. The van der Waals surface area contributed by atoms with Crippen LogP contribution in [0.5, 0.6) is 0 Å². The summed E-state index contributed by atoms with van der Waals surface area (Å²) in [6, 6.07) is 8.94. The molecule has 0 saturated heterocycles. The smallest absolute Gasteiger partial charge is 0.131 e. The van der Waals surface area contributed by atoms with Gasteiger partial charge in [-0.05, 0) is 43.4 Å². The molecule has 2 rings (SSSR count). The van der Waals surface area contributed by atoms with E-state index in [0.717, 1.165) is 12.5 Å². The summed E-state index contributed by atoms with van der Waals surface area (Å²) < 4.78 is 0. The Bertz CT molecular complexity index is 404. The lowest BCUT2D eigenvalue weighted by atomic mass is 9.84. The quantitative estimate of drug-likeness (QED) is 0.791. The van der Waals surface area contributed by atoms with Crippen molar-refractivity contribution in [2.24, 2.45) is 0 Å². The topological polar surface area (TPSA) is 20.3 Å². The minimum absolute atomic E-state index is 0.255. The highest BCUT2D eigenvalue weighted by atomic mass is 16.1. The van der Waals surface area contributed by atoms with Gasteiger partial charge in [-0.25, -0.2) is 0 Å². The maximum absolute atomic E-state index is 11.0. The molecule has 1 fully saturated rings. The van der Waals surface area contributed by atoms with E-state index in [1.807, 2.05) is 0 Å². The fraction of sp³-hybridized carbons (Fsp3) is 0.588. The Morgan fingerprint density at radius 3 is 2.37 bits per heavy atom. The Kier molecular flexibility index (Phi) is 5.00. The number of ketones is 1. The lowest BCUT2D eigenvalue weighted by Crippen LogP contribution is -2.20. The lowest BCUT2D eigenvalue weighted by Gasteiger charge is -2.23. The van der Waals surface area contributed by atoms with Crippen molar-refractivity contribution in [3.63, 3.8) is 0 Å². The van der Waals surface area contributed by atoms with Crippen molar-refractivity contribution in [3.05, 3.63) is 29.8 Å². The molecule has 0 amide bonds. The van der Waals surface area contributed by atoms with Crippen molar-refractivity contribution in [1.29, 1.82) is 0 Å². The second kappa shape index (κ2) is 6.74. The first-order valence-corrected chi connectivity index (χ1v) is 7.47. The first-order chi connectivity index (χ1) is 9.16. The summed E-state index contributed by atoms with van der Waals surface area (Å²) in [6.07, 6.45) is 7.48. The van der Waals surface area contributed by atoms with E-state index >= 15 is 0 Å². The molecule has 1 aliphatic carbocycles. The van der Waals surface area contributed by atoms with Crippen LogP contribution in [0.2, 0.25) is 0 Å². The number of hydrogen-bond acceptors (Lipinski definition) is 2. The molecule has 1 aliphatic rings. The molecule has 0 radical (unpaired) electrons. The third kappa shape index (κ3) is 4.09. The van der Waals surface area contributed by atoms with E-state index in [1.165, 1.54) is 43.4 Å². The fourth-order valence-electron chi connectivity index (χ4n) is 2.89. The molecule has 0 unspecified atom stereocenters. The lowest BCUT2D eigenvalue weighted by molar-refractivity contribution is -0.116. The van der Waals surface area contributed by atoms with Crippen molar-refractivity contribution in [3.8, 4) is 0 Å². The van der Waals surface area contributed by atoms with Crippen molar-refractivity contribution in [2.75, 3.05) is 18.5 Å². The molecule has 2 nitrogen and oxygen atoms in total. The first-order valence-electron chi connectivity index (χ1n) is 7.47. The van der Waals surface area contributed by atoms with Gasteiger partial charge in [-0.1, -0.05) is 31.4 Å². The molecule has 0 bridgehead atoms. The molecule has 2 heteroatoms. The average molecular weight is 259 g/mol. The standard InChI is InChI=1S/C17H25NO/c1-14(19)12-13-18(2)17-10-8-16(9-11-17)15-6-4-3-5-7-15/h8-11,15H,3-7,12-13H2,1-2H3. The van der Waals surface area contributed by atoms with E-state index in [1.54, 1.807) is 6.92 Å². The van der Waals surface area contributed by atoms with Crippen LogP contribution in [-0.2, 0) is 4.79 Å². The summed E-state index contributed by atoms with van der Waals surface area (Å²) in [5, 5.41) is 0. The summed E-state index contributed by atoms with van der Waals surface area (Å²) in [4.78, 5) is 13.2. The summed E-state index contributed by atoms with van der Waals surface area (Å²) in [6.45, 7) is 2.46. The number of benzene rings is 1. The molecule has 0 N–H and O–H groups in total. The van der Waals surface area contributed by atoms with Gasteiger partial charge in [0.1, 0.15) is 5.78 Å². The van der Waals surface area contributed by atoms with E-state index in [0.29, 0.717) is 6.42 Å². The molecule has 0 aromatic heterocycles. The molecule has 0 spiro atoms. The Balaban J connectivity index is 1.95. The Hall–Kier alpha value is -1.31. The number of anilines is 1. The molecule has 19 heavy (non-hydrogen) atoms.